The number of hydrogen-bond donors (Lipinski definition) is 1. The molecule has 0 amide bonds. The summed E-state index contributed by atoms with van der Waals surface area (Å²) in [5.41, 5.74) is 3.73. The van der Waals surface area contributed by atoms with Gasteiger partial charge in [-0.15, -0.1) is 24.8 Å². The topological polar surface area (TPSA) is 24.5 Å². The first kappa shape index (κ1) is 24.7. The molecule has 0 bridgehead atoms. The van der Waals surface area contributed by atoms with Gasteiger partial charge in [0, 0.05) is 19.6 Å². The Morgan fingerprint density at radius 1 is 0.923 bits per heavy atom. The van der Waals surface area contributed by atoms with Crippen LogP contribution in [0.5, 0.6) is 5.75 Å². The highest BCUT2D eigenvalue weighted by molar-refractivity contribution is 5.85. The fourth-order valence-corrected chi connectivity index (χ4v) is 2.61. The maximum absolute atomic E-state index is 5.92. The summed E-state index contributed by atoms with van der Waals surface area (Å²) in [6.07, 6.45) is 0. The van der Waals surface area contributed by atoms with Gasteiger partial charge in [-0.05, 0) is 43.3 Å². The predicted molar refractivity (Wildman–Crippen MR) is 116 cm³/mol. The van der Waals surface area contributed by atoms with Gasteiger partial charge in [0.05, 0.1) is 0 Å². The van der Waals surface area contributed by atoms with Crippen molar-refractivity contribution >= 4 is 24.8 Å². The molecule has 0 atom stereocenters. The van der Waals surface area contributed by atoms with E-state index in [9.17, 15) is 0 Å². The van der Waals surface area contributed by atoms with E-state index in [2.05, 4.69) is 73.5 Å². The Hall–Kier alpha value is -1.26. The highest BCUT2D eigenvalue weighted by Gasteiger charge is 2.00. The molecule has 0 aliphatic rings. The lowest BCUT2D eigenvalue weighted by Crippen LogP contribution is -2.31. The number of ether oxygens (including phenoxy) is 1. The van der Waals surface area contributed by atoms with Crippen LogP contribution >= 0.6 is 24.8 Å². The number of hydrogen-bond acceptors (Lipinski definition) is 3. The summed E-state index contributed by atoms with van der Waals surface area (Å²) in [5.74, 6) is 0.929. The van der Waals surface area contributed by atoms with Crippen molar-refractivity contribution in [3.8, 4) is 5.75 Å². The number of rotatable bonds is 10. The summed E-state index contributed by atoms with van der Waals surface area (Å²) < 4.78 is 5.92. The number of benzene rings is 2. The molecule has 0 fully saturated rings. The van der Waals surface area contributed by atoms with E-state index in [-0.39, 0.29) is 24.8 Å². The van der Waals surface area contributed by atoms with Gasteiger partial charge in [-0.25, -0.2) is 0 Å². The Kier molecular flexibility index (Phi) is 13.2. The molecule has 0 aliphatic carbocycles. The molecule has 26 heavy (non-hydrogen) atoms. The lowest BCUT2D eigenvalue weighted by Gasteiger charge is -2.18. The minimum absolute atomic E-state index is 0. The van der Waals surface area contributed by atoms with E-state index < -0.39 is 0 Å². The van der Waals surface area contributed by atoms with E-state index in [4.69, 9.17) is 4.74 Å². The second kappa shape index (κ2) is 13.9. The van der Waals surface area contributed by atoms with Gasteiger partial charge >= 0.3 is 0 Å². The first-order valence-corrected chi connectivity index (χ1v) is 8.91. The second-order valence-corrected chi connectivity index (χ2v) is 6.13. The maximum atomic E-state index is 5.92. The summed E-state index contributed by atoms with van der Waals surface area (Å²) in [5, 5.41) is 3.51. The quantitative estimate of drug-likeness (QED) is 0.578. The van der Waals surface area contributed by atoms with Crippen molar-refractivity contribution in [2.75, 3.05) is 26.2 Å². The van der Waals surface area contributed by atoms with Gasteiger partial charge < -0.3 is 15.0 Å². The van der Waals surface area contributed by atoms with Gasteiger partial charge in [-0.1, -0.05) is 55.8 Å². The summed E-state index contributed by atoms with van der Waals surface area (Å²) >= 11 is 0. The van der Waals surface area contributed by atoms with E-state index in [0.717, 1.165) is 38.5 Å². The van der Waals surface area contributed by atoms with E-state index in [0.29, 0.717) is 6.61 Å². The average Bonchev–Trinajstić information content (AvgIpc) is 2.62. The van der Waals surface area contributed by atoms with Crippen LogP contribution in [-0.2, 0) is 13.2 Å². The SMILES string of the molecule is CCN(CC)CCNCc1cccc(OCc2ccc(C)cc2)c1.Cl.Cl. The normalized spacial score (nSPS) is 10.2. The second-order valence-electron chi connectivity index (χ2n) is 6.13. The molecule has 0 saturated heterocycles. The fourth-order valence-electron chi connectivity index (χ4n) is 2.61. The summed E-state index contributed by atoms with van der Waals surface area (Å²) in [4.78, 5) is 2.42. The number of likely N-dealkylation sites (N-methyl/N-ethyl adjacent to an activating group) is 1. The van der Waals surface area contributed by atoms with Crippen LogP contribution in [0.2, 0.25) is 0 Å². The van der Waals surface area contributed by atoms with E-state index in [1.807, 2.05) is 6.07 Å². The molecular formula is C21H32Cl2N2O. The molecule has 0 saturated carbocycles. The van der Waals surface area contributed by atoms with Crippen molar-refractivity contribution < 1.29 is 4.74 Å². The van der Waals surface area contributed by atoms with Crippen molar-refractivity contribution in [1.82, 2.24) is 10.2 Å². The van der Waals surface area contributed by atoms with Gasteiger partial charge in [0.2, 0.25) is 0 Å². The Morgan fingerprint density at radius 3 is 2.27 bits per heavy atom. The predicted octanol–water partition coefficient (Wildman–Crippen LogP) is 4.85. The van der Waals surface area contributed by atoms with Crippen molar-refractivity contribution in [1.29, 1.82) is 0 Å². The summed E-state index contributed by atoms with van der Waals surface area (Å²) in [7, 11) is 0. The molecule has 2 aromatic rings. The molecule has 2 aromatic carbocycles. The zero-order valence-corrected chi connectivity index (χ0v) is 17.7. The van der Waals surface area contributed by atoms with Crippen molar-refractivity contribution in [2.24, 2.45) is 0 Å². The highest BCUT2D eigenvalue weighted by Crippen LogP contribution is 2.15. The molecule has 1 N–H and O–H groups in total. The minimum atomic E-state index is 0. The molecule has 5 heteroatoms. The number of halogens is 2. The summed E-state index contributed by atoms with van der Waals surface area (Å²) in [6, 6.07) is 16.8. The van der Waals surface area contributed by atoms with Crippen LogP contribution in [0.4, 0.5) is 0 Å². The maximum Gasteiger partial charge on any atom is 0.120 e. The molecule has 146 valence electrons. The van der Waals surface area contributed by atoms with Gasteiger partial charge in [0.15, 0.2) is 0 Å². The van der Waals surface area contributed by atoms with E-state index >= 15 is 0 Å². The van der Waals surface area contributed by atoms with Crippen LogP contribution in [0.15, 0.2) is 48.5 Å². The van der Waals surface area contributed by atoms with Gasteiger partial charge in [0.25, 0.3) is 0 Å². The Bertz CT molecular complexity index is 601. The molecule has 0 aromatic heterocycles. The van der Waals surface area contributed by atoms with Crippen LogP contribution < -0.4 is 10.1 Å². The fraction of sp³-hybridized carbons (Fsp3) is 0.429. The summed E-state index contributed by atoms with van der Waals surface area (Å²) in [6.45, 7) is 12.3. The van der Waals surface area contributed by atoms with Gasteiger partial charge in [-0.3, -0.25) is 0 Å². The van der Waals surface area contributed by atoms with Crippen LogP contribution in [0.3, 0.4) is 0 Å². The molecule has 0 aliphatic heterocycles. The first-order chi connectivity index (χ1) is 11.7. The lowest BCUT2D eigenvalue weighted by atomic mass is 10.2. The first-order valence-electron chi connectivity index (χ1n) is 8.91. The average molecular weight is 399 g/mol. The Morgan fingerprint density at radius 2 is 1.62 bits per heavy atom. The zero-order valence-electron chi connectivity index (χ0n) is 16.0. The van der Waals surface area contributed by atoms with Gasteiger partial charge in [0.1, 0.15) is 12.4 Å². The molecule has 0 heterocycles. The van der Waals surface area contributed by atoms with Crippen LogP contribution in [0.25, 0.3) is 0 Å². The van der Waals surface area contributed by atoms with Gasteiger partial charge in [-0.2, -0.15) is 0 Å². The third kappa shape index (κ3) is 8.91. The Balaban J connectivity index is 0.00000312. The molecule has 0 unspecified atom stereocenters. The third-order valence-electron chi connectivity index (χ3n) is 4.25. The number of aryl methyl sites for hydroxylation is 1. The third-order valence-corrected chi connectivity index (χ3v) is 4.25. The van der Waals surface area contributed by atoms with E-state index in [1.54, 1.807) is 0 Å². The smallest absolute Gasteiger partial charge is 0.120 e. The van der Waals surface area contributed by atoms with Crippen LogP contribution in [0.1, 0.15) is 30.5 Å². The molecule has 0 spiro atoms. The molecule has 2 rings (SSSR count). The number of nitrogens with zero attached hydrogens (tertiary/aromatic N) is 1. The minimum Gasteiger partial charge on any atom is -0.489 e. The molecular weight excluding hydrogens is 367 g/mol. The van der Waals surface area contributed by atoms with Crippen molar-refractivity contribution in [2.45, 2.75) is 33.9 Å². The van der Waals surface area contributed by atoms with Crippen LogP contribution in [0, 0.1) is 6.92 Å². The van der Waals surface area contributed by atoms with E-state index in [1.165, 1.54) is 16.7 Å². The van der Waals surface area contributed by atoms with Crippen LogP contribution in [-0.4, -0.2) is 31.1 Å². The van der Waals surface area contributed by atoms with Crippen molar-refractivity contribution in [3.05, 3.63) is 65.2 Å². The monoisotopic (exact) mass is 398 g/mol. The number of nitrogens with one attached hydrogen (secondary N) is 1. The lowest BCUT2D eigenvalue weighted by molar-refractivity contribution is 0.301. The zero-order chi connectivity index (χ0) is 17.2. The Labute approximate surface area is 171 Å². The molecule has 3 nitrogen and oxygen atoms in total. The largest absolute Gasteiger partial charge is 0.489 e. The highest BCUT2D eigenvalue weighted by atomic mass is 35.5. The van der Waals surface area contributed by atoms with Crippen molar-refractivity contribution in [3.63, 3.8) is 0 Å². The standard InChI is InChI=1S/C21H30N2O.2ClH/c1-4-23(5-2)14-13-22-16-20-7-6-8-21(15-20)24-17-19-11-9-18(3)10-12-19;;/h6-12,15,22H,4-5,13-14,16-17H2,1-3H3;2*1H. The molecule has 0 radical (unpaired) electrons.